The average molecular weight is 295 g/mol. The Bertz CT molecular complexity index is 844. The second kappa shape index (κ2) is 4.47. The van der Waals surface area contributed by atoms with Crippen LogP contribution in [0.15, 0.2) is 24.3 Å². The Morgan fingerprint density at radius 3 is 2.24 bits per heavy atom. The summed E-state index contributed by atoms with van der Waals surface area (Å²) in [7, 11) is 0. The van der Waals surface area contributed by atoms with Gasteiger partial charge in [-0.1, -0.05) is 6.07 Å². The van der Waals surface area contributed by atoms with E-state index < -0.39 is 29.0 Å². The van der Waals surface area contributed by atoms with E-state index in [1.165, 1.54) is 0 Å². The lowest BCUT2D eigenvalue weighted by atomic mass is 10.2. The van der Waals surface area contributed by atoms with Crippen LogP contribution in [0.2, 0.25) is 0 Å². The minimum atomic E-state index is -1.53. The lowest BCUT2D eigenvalue weighted by Crippen LogP contribution is -2.09. The monoisotopic (exact) mass is 295 g/mol. The Kier molecular flexibility index (Phi) is 2.86. The Morgan fingerprint density at radius 2 is 1.62 bits per heavy atom. The zero-order valence-corrected chi connectivity index (χ0v) is 10.8. The number of nitrogens with zero attached hydrogens (tertiary/aromatic N) is 2. The van der Waals surface area contributed by atoms with Crippen LogP contribution >= 0.6 is 0 Å². The van der Waals surface area contributed by atoms with Crippen molar-refractivity contribution in [1.82, 2.24) is 9.55 Å². The summed E-state index contributed by atoms with van der Waals surface area (Å²) in [6.07, 6.45) is 0. The van der Waals surface area contributed by atoms with Gasteiger partial charge in [0.15, 0.2) is 23.3 Å². The van der Waals surface area contributed by atoms with Gasteiger partial charge >= 0.3 is 0 Å². The van der Waals surface area contributed by atoms with Crippen LogP contribution < -0.4 is 5.73 Å². The van der Waals surface area contributed by atoms with Crippen molar-refractivity contribution < 1.29 is 17.6 Å². The van der Waals surface area contributed by atoms with Gasteiger partial charge in [0.2, 0.25) is 5.95 Å². The molecule has 2 aromatic carbocycles. The predicted octanol–water partition coefficient (Wildman–Crippen LogP) is 3.47. The van der Waals surface area contributed by atoms with E-state index in [0.717, 1.165) is 10.1 Å². The number of aromatic nitrogens is 2. The summed E-state index contributed by atoms with van der Waals surface area (Å²) in [4.78, 5) is 3.93. The summed E-state index contributed by atoms with van der Waals surface area (Å²) in [5, 5.41) is 0. The molecule has 21 heavy (non-hydrogen) atoms. The van der Waals surface area contributed by atoms with E-state index in [1.807, 2.05) is 0 Å². The fourth-order valence-electron chi connectivity index (χ4n) is 2.20. The van der Waals surface area contributed by atoms with Crippen molar-refractivity contribution in [3.63, 3.8) is 0 Å². The lowest BCUT2D eigenvalue weighted by molar-refractivity contribution is 0.449. The third-order valence-corrected chi connectivity index (χ3v) is 3.15. The highest BCUT2D eigenvalue weighted by Crippen LogP contribution is 2.29. The van der Waals surface area contributed by atoms with E-state index in [0.29, 0.717) is 5.52 Å². The smallest absolute Gasteiger partial charge is 0.206 e. The van der Waals surface area contributed by atoms with Crippen LogP contribution in [0.3, 0.4) is 0 Å². The van der Waals surface area contributed by atoms with E-state index in [-0.39, 0.29) is 17.5 Å². The number of benzene rings is 2. The van der Waals surface area contributed by atoms with E-state index in [2.05, 4.69) is 4.98 Å². The van der Waals surface area contributed by atoms with Crippen LogP contribution in [-0.2, 0) is 0 Å². The molecule has 1 heterocycles. The third kappa shape index (κ3) is 1.93. The molecule has 1 aromatic heterocycles. The molecule has 3 rings (SSSR count). The predicted molar refractivity (Wildman–Crippen MR) is 70.1 cm³/mol. The SMILES string of the molecule is Cc1ccc2nc(N)n(-c3c(F)c(F)cc(F)c3F)c2c1. The molecule has 0 amide bonds. The standard InChI is InChI=1S/C14H9F4N3/c1-6-2-3-9-10(4-6)21(14(19)20-9)13-11(17)7(15)5-8(16)12(13)18/h2-5H,1H3,(H2,19,20). The molecule has 0 radical (unpaired) electrons. The van der Waals surface area contributed by atoms with Crippen LogP contribution in [0.1, 0.15) is 5.56 Å². The van der Waals surface area contributed by atoms with Crippen molar-refractivity contribution in [2.24, 2.45) is 0 Å². The Balaban J connectivity index is 2.46. The first-order valence-electron chi connectivity index (χ1n) is 5.98. The van der Waals surface area contributed by atoms with Gasteiger partial charge in [-0.05, 0) is 24.6 Å². The van der Waals surface area contributed by atoms with Gasteiger partial charge in [-0.15, -0.1) is 0 Å². The van der Waals surface area contributed by atoms with Gasteiger partial charge in [-0.2, -0.15) is 0 Å². The molecule has 2 N–H and O–H groups in total. The zero-order chi connectivity index (χ0) is 15.3. The maximum Gasteiger partial charge on any atom is 0.206 e. The second-order valence-electron chi connectivity index (χ2n) is 4.61. The molecule has 0 unspecified atom stereocenters. The molecule has 0 aliphatic carbocycles. The highest BCUT2D eigenvalue weighted by molar-refractivity contribution is 5.81. The van der Waals surface area contributed by atoms with Gasteiger partial charge in [0.25, 0.3) is 0 Å². The van der Waals surface area contributed by atoms with Crippen molar-refractivity contribution in [3.8, 4) is 5.69 Å². The number of aryl methyl sites for hydroxylation is 1. The highest BCUT2D eigenvalue weighted by atomic mass is 19.2. The molecule has 7 heteroatoms. The van der Waals surface area contributed by atoms with Gasteiger partial charge in [-0.25, -0.2) is 22.5 Å². The molecule has 0 fully saturated rings. The van der Waals surface area contributed by atoms with E-state index in [1.54, 1.807) is 25.1 Å². The molecule has 0 atom stereocenters. The Labute approximate surface area is 116 Å². The molecular formula is C14H9F4N3. The normalized spacial score (nSPS) is 11.3. The minimum absolute atomic E-state index is 0.148. The number of nitrogen functional groups attached to an aromatic ring is 1. The second-order valence-corrected chi connectivity index (χ2v) is 4.61. The minimum Gasteiger partial charge on any atom is -0.369 e. The first-order chi connectivity index (χ1) is 9.90. The number of hydrogen-bond donors (Lipinski definition) is 1. The van der Waals surface area contributed by atoms with Crippen molar-refractivity contribution in [1.29, 1.82) is 0 Å². The van der Waals surface area contributed by atoms with Crippen LogP contribution in [-0.4, -0.2) is 9.55 Å². The summed E-state index contributed by atoms with van der Waals surface area (Å²) < 4.78 is 55.5. The van der Waals surface area contributed by atoms with Gasteiger partial charge in [0.05, 0.1) is 11.0 Å². The first kappa shape index (κ1) is 13.4. The van der Waals surface area contributed by atoms with Gasteiger partial charge < -0.3 is 5.73 Å². The van der Waals surface area contributed by atoms with Gasteiger partial charge in [-0.3, -0.25) is 4.57 Å². The molecule has 0 spiro atoms. The topological polar surface area (TPSA) is 43.8 Å². The number of anilines is 1. The van der Waals surface area contributed by atoms with Crippen LogP contribution in [0.4, 0.5) is 23.5 Å². The fraction of sp³-hybridized carbons (Fsp3) is 0.0714. The number of imidazole rings is 1. The van der Waals surface area contributed by atoms with E-state index in [4.69, 9.17) is 5.73 Å². The van der Waals surface area contributed by atoms with Crippen molar-refractivity contribution in [2.45, 2.75) is 6.92 Å². The maximum absolute atomic E-state index is 13.9. The van der Waals surface area contributed by atoms with E-state index >= 15 is 0 Å². The Hall–Kier alpha value is -2.57. The van der Waals surface area contributed by atoms with Gasteiger partial charge in [0.1, 0.15) is 5.69 Å². The lowest BCUT2D eigenvalue weighted by Gasteiger charge is -2.10. The van der Waals surface area contributed by atoms with Crippen molar-refractivity contribution in [2.75, 3.05) is 5.73 Å². The number of halogens is 4. The molecule has 108 valence electrons. The summed E-state index contributed by atoms with van der Waals surface area (Å²) in [6, 6.07) is 5.05. The first-order valence-corrected chi connectivity index (χ1v) is 5.98. The molecule has 3 nitrogen and oxygen atoms in total. The van der Waals surface area contributed by atoms with Crippen molar-refractivity contribution in [3.05, 3.63) is 53.1 Å². The molecule has 0 aliphatic rings. The van der Waals surface area contributed by atoms with Crippen LogP contribution in [0, 0.1) is 30.2 Å². The van der Waals surface area contributed by atoms with Crippen LogP contribution in [0.5, 0.6) is 0 Å². The molecule has 0 aliphatic heterocycles. The number of fused-ring (bicyclic) bond motifs is 1. The number of nitrogens with two attached hydrogens (primary N) is 1. The van der Waals surface area contributed by atoms with Gasteiger partial charge in [0, 0.05) is 6.07 Å². The fourth-order valence-corrected chi connectivity index (χ4v) is 2.20. The number of rotatable bonds is 1. The summed E-state index contributed by atoms with van der Waals surface area (Å²) in [5.74, 6) is -6.32. The molecule has 0 bridgehead atoms. The molecule has 3 aromatic rings. The number of hydrogen-bond acceptors (Lipinski definition) is 2. The average Bonchev–Trinajstić information content (AvgIpc) is 2.73. The van der Waals surface area contributed by atoms with E-state index in [9.17, 15) is 17.6 Å². The molecular weight excluding hydrogens is 286 g/mol. The molecule has 0 saturated heterocycles. The summed E-state index contributed by atoms with van der Waals surface area (Å²) in [6.45, 7) is 1.76. The van der Waals surface area contributed by atoms with Crippen molar-refractivity contribution >= 4 is 17.0 Å². The summed E-state index contributed by atoms with van der Waals surface area (Å²) >= 11 is 0. The quantitative estimate of drug-likeness (QED) is 0.552. The zero-order valence-electron chi connectivity index (χ0n) is 10.8. The maximum atomic E-state index is 13.9. The Morgan fingerprint density at radius 1 is 1.00 bits per heavy atom. The largest absolute Gasteiger partial charge is 0.369 e. The summed E-state index contributed by atoms with van der Waals surface area (Å²) in [5.41, 5.74) is 6.13. The third-order valence-electron chi connectivity index (χ3n) is 3.15. The highest BCUT2D eigenvalue weighted by Gasteiger charge is 2.24. The van der Waals surface area contributed by atoms with Crippen LogP contribution in [0.25, 0.3) is 16.7 Å². The molecule has 0 saturated carbocycles.